The van der Waals surface area contributed by atoms with Crippen LogP contribution in [-0.2, 0) is 11.8 Å². The molecule has 0 unspecified atom stereocenters. The molecule has 0 aliphatic rings. The van der Waals surface area contributed by atoms with Gasteiger partial charge >= 0.3 is 7.32 Å². The average molecular weight is 101 g/mol. The predicted molar refractivity (Wildman–Crippen MR) is 16.5 cm³/mol. The van der Waals surface area contributed by atoms with Gasteiger partial charge in [-0.3, -0.25) is 0 Å². The van der Waals surface area contributed by atoms with Gasteiger partial charge in [0, 0.05) is 0 Å². The van der Waals surface area contributed by atoms with E-state index in [1.54, 1.807) is 0 Å². The maximum Gasteiger partial charge on any atom is 0.620 e. The summed E-state index contributed by atoms with van der Waals surface area (Å²) in [7, 11) is -3.04. The molecule has 0 saturated carbocycles. The van der Waals surface area contributed by atoms with E-state index < -0.39 is 7.32 Å². The van der Waals surface area contributed by atoms with Crippen molar-refractivity contribution >= 4 is 19.1 Å². The standard InChI is InChI=1S/F2PS/c1-3(2)4/q+1. The minimum Gasteiger partial charge on any atom is 0.0666 e. The fourth-order valence-corrected chi connectivity index (χ4v) is 0. The summed E-state index contributed by atoms with van der Waals surface area (Å²) in [6, 6.07) is 0. The van der Waals surface area contributed by atoms with Crippen LogP contribution in [0, 0.1) is 0 Å². The Bertz CT molecular complexity index is 29.0. The molecule has 0 bridgehead atoms. The van der Waals surface area contributed by atoms with Crippen LogP contribution in [0.4, 0.5) is 8.39 Å². The van der Waals surface area contributed by atoms with E-state index in [1.807, 2.05) is 0 Å². The molecule has 0 aromatic heterocycles. The maximum atomic E-state index is 10.2. The van der Waals surface area contributed by atoms with Gasteiger partial charge in [0.15, 0.2) is 0 Å². The van der Waals surface area contributed by atoms with Crippen molar-refractivity contribution in [1.82, 2.24) is 0 Å². The highest BCUT2D eigenvalue weighted by atomic mass is 32.4. The zero-order chi connectivity index (χ0) is 3.58. The minimum absolute atomic E-state index is 3.04. The fourth-order valence-electron chi connectivity index (χ4n) is 0. The van der Waals surface area contributed by atoms with Crippen molar-refractivity contribution in [3.63, 3.8) is 0 Å². The van der Waals surface area contributed by atoms with Crippen molar-refractivity contribution in [3.8, 4) is 0 Å². The van der Waals surface area contributed by atoms with Gasteiger partial charge in [0.05, 0.1) is 8.39 Å². The van der Waals surface area contributed by atoms with Crippen molar-refractivity contribution in [1.29, 1.82) is 0 Å². The third-order valence-corrected chi connectivity index (χ3v) is 0. The summed E-state index contributed by atoms with van der Waals surface area (Å²) in [6.45, 7) is 0. The molecule has 0 N–H and O–H groups in total. The molecule has 0 aromatic rings. The van der Waals surface area contributed by atoms with E-state index in [0.29, 0.717) is 0 Å². The van der Waals surface area contributed by atoms with Gasteiger partial charge in [-0.2, -0.15) is 0 Å². The highest BCUT2D eigenvalue weighted by Gasteiger charge is 1.97. The van der Waals surface area contributed by atoms with Gasteiger partial charge < -0.3 is 0 Å². The number of hydrogen-bond donors (Lipinski definition) is 0. The minimum atomic E-state index is -3.04. The van der Waals surface area contributed by atoms with Crippen LogP contribution >= 0.6 is 7.32 Å². The van der Waals surface area contributed by atoms with Crippen LogP contribution in [0.3, 0.4) is 0 Å². The van der Waals surface area contributed by atoms with E-state index in [-0.39, 0.29) is 0 Å². The summed E-state index contributed by atoms with van der Waals surface area (Å²) < 4.78 is 20.4. The normalized spacial score (nSPS) is 6.50. The van der Waals surface area contributed by atoms with Crippen LogP contribution in [-0.4, -0.2) is 0 Å². The Morgan fingerprint density at radius 3 is 1.50 bits per heavy atom. The van der Waals surface area contributed by atoms with Gasteiger partial charge in [-0.05, 0) is 0 Å². The molecule has 4 heavy (non-hydrogen) atoms. The molecular weight excluding hydrogens is 101 g/mol. The van der Waals surface area contributed by atoms with Crippen LogP contribution in [0.1, 0.15) is 0 Å². The topological polar surface area (TPSA) is 0 Å². The second kappa shape index (κ2) is 1.68. The van der Waals surface area contributed by atoms with Gasteiger partial charge in [-0.1, -0.05) is 0 Å². The third kappa shape index (κ3) is 31.4. The maximum absolute atomic E-state index is 10.2. The van der Waals surface area contributed by atoms with Crippen LogP contribution in [0.5, 0.6) is 0 Å². The lowest BCUT2D eigenvalue weighted by Crippen LogP contribution is -1.02. The lowest BCUT2D eigenvalue weighted by atomic mass is 18.8. The van der Waals surface area contributed by atoms with Gasteiger partial charge in [-0.25, -0.2) is 0 Å². The Labute approximate surface area is 28.5 Å². The zero-order valence-electron chi connectivity index (χ0n) is 1.61. The molecule has 0 aliphatic carbocycles. The van der Waals surface area contributed by atoms with E-state index >= 15 is 0 Å². The molecule has 0 saturated heterocycles. The first-order valence-corrected chi connectivity index (χ1v) is 2.66. The molecule has 0 radical (unpaired) electrons. The molecule has 0 aromatic carbocycles. The first kappa shape index (κ1) is 4.38. The average Bonchev–Trinajstić information content (AvgIpc) is 0.811. The Morgan fingerprint density at radius 2 is 1.50 bits per heavy atom. The molecule has 0 aliphatic heterocycles. The molecule has 0 heterocycles. The number of hydrogen-bond acceptors (Lipinski definition) is 1. The lowest BCUT2D eigenvalue weighted by Gasteiger charge is -1.24. The number of halogens is 2. The third-order valence-electron chi connectivity index (χ3n) is 0. The van der Waals surface area contributed by atoms with Crippen molar-refractivity contribution in [2.45, 2.75) is 0 Å². The summed E-state index contributed by atoms with van der Waals surface area (Å²) in [6.07, 6.45) is 0. The molecule has 0 rings (SSSR count). The largest absolute Gasteiger partial charge is 0.620 e. The predicted octanol–water partition coefficient (Wildman–Crippen LogP) is 1.70. The monoisotopic (exact) mass is 101 g/mol. The molecule has 4 heteroatoms. The zero-order valence-corrected chi connectivity index (χ0v) is 3.32. The Balaban J connectivity index is 2.80. The molecule has 0 nitrogen and oxygen atoms in total. The summed E-state index contributed by atoms with van der Waals surface area (Å²) >= 11 is 3.35. The molecule has 0 fully saturated rings. The van der Waals surface area contributed by atoms with Crippen molar-refractivity contribution in [2.75, 3.05) is 0 Å². The van der Waals surface area contributed by atoms with Crippen LogP contribution in [0.15, 0.2) is 0 Å². The first-order chi connectivity index (χ1) is 1.73. The summed E-state index contributed by atoms with van der Waals surface area (Å²) in [5.74, 6) is 0. The molecule has 0 spiro atoms. The fraction of sp³-hybridized carbons (Fsp3) is 0. The van der Waals surface area contributed by atoms with E-state index in [2.05, 4.69) is 11.8 Å². The van der Waals surface area contributed by atoms with Gasteiger partial charge in [0.2, 0.25) is 11.8 Å². The highest BCUT2D eigenvalue weighted by Crippen LogP contribution is 2.21. The van der Waals surface area contributed by atoms with E-state index in [4.69, 9.17) is 0 Å². The van der Waals surface area contributed by atoms with Crippen molar-refractivity contribution in [3.05, 3.63) is 0 Å². The van der Waals surface area contributed by atoms with Crippen LogP contribution < -0.4 is 0 Å². The SMILES string of the molecule is F[P+](F)=S. The number of rotatable bonds is 0. The van der Waals surface area contributed by atoms with Gasteiger partial charge in [-0.15, -0.1) is 0 Å². The van der Waals surface area contributed by atoms with Gasteiger partial charge in [0.1, 0.15) is 0 Å². The molecule has 0 amide bonds. The van der Waals surface area contributed by atoms with Crippen molar-refractivity contribution < 1.29 is 8.39 Å². The summed E-state index contributed by atoms with van der Waals surface area (Å²) in [4.78, 5) is 0. The van der Waals surface area contributed by atoms with Gasteiger partial charge in [0.25, 0.3) is 0 Å². The second-order valence-electron chi connectivity index (χ2n) is 0.202. The van der Waals surface area contributed by atoms with Crippen LogP contribution in [0.2, 0.25) is 0 Å². The quantitative estimate of drug-likeness (QED) is 0.418. The highest BCUT2D eigenvalue weighted by molar-refractivity contribution is 8.00. The van der Waals surface area contributed by atoms with E-state index in [0.717, 1.165) is 0 Å². The molecule has 24 valence electrons. The Morgan fingerprint density at radius 1 is 1.50 bits per heavy atom. The second-order valence-corrected chi connectivity index (χ2v) is 1.43. The summed E-state index contributed by atoms with van der Waals surface area (Å²) in [5.41, 5.74) is 0. The molecule has 0 atom stereocenters. The van der Waals surface area contributed by atoms with Crippen LogP contribution in [0.25, 0.3) is 0 Å². The van der Waals surface area contributed by atoms with Crippen molar-refractivity contribution in [2.24, 2.45) is 0 Å². The smallest absolute Gasteiger partial charge is 0.0666 e. The summed E-state index contributed by atoms with van der Waals surface area (Å²) in [5, 5.41) is 0. The Hall–Kier alpha value is 0.380. The van der Waals surface area contributed by atoms with E-state index in [1.165, 1.54) is 0 Å². The molecular formula is F2PS+. The Kier molecular flexibility index (Phi) is 1.84. The lowest BCUT2D eigenvalue weighted by molar-refractivity contribution is 0.779. The van der Waals surface area contributed by atoms with E-state index in [9.17, 15) is 8.39 Å². The first-order valence-electron chi connectivity index (χ1n) is 0.521.